The van der Waals surface area contributed by atoms with Gasteiger partial charge in [0, 0.05) is 25.7 Å². The van der Waals surface area contributed by atoms with Crippen LogP contribution in [-0.4, -0.2) is 51.0 Å². The quantitative estimate of drug-likeness (QED) is 0.263. The van der Waals surface area contributed by atoms with E-state index in [0.717, 1.165) is 45.1 Å². The summed E-state index contributed by atoms with van der Waals surface area (Å²) in [6.45, 7) is 15.0. The summed E-state index contributed by atoms with van der Waals surface area (Å²) in [5.74, 6) is 0.884. The molecule has 1 heterocycles. The highest BCUT2D eigenvalue weighted by atomic mass is 127. The molecule has 2 unspecified atom stereocenters. The molecule has 0 bridgehead atoms. The lowest BCUT2D eigenvalue weighted by atomic mass is 9.91. The molecule has 2 atom stereocenters. The molecule has 23 heavy (non-hydrogen) atoms. The molecule has 0 aliphatic carbocycles. The minimum Gasteiger partial charge on any atom is -0.379 e. The molecule has 2 N–H and O–H groups in total. The van der Waals surface area contributed by atoms with E-state index in [-0.39, 0.29) is 36.1 Å². The first-order valence-electron chi connectivity index (χ1n) is 8.65. The maximum atomic E-state index is 5.84. The number of ether oxygens (including phenoxy) is 2. The second-order valence-electron chi connectivity index (χ2n) is 7.29. The molecule has 0 radical (unpaired) electrons. The van der Waals surface area contributed by atoms with Crippen molar-refractivity contribution in [3.05, 3.63) is 0 Å². The molecule has 6 heteroatoms. The molecular weight excluding hydrogens is 405 g/mol. The van der Waals surface area contributed by atoms with E-state index >= 15 is 0 Å². The Kier molecular flexibility index (Phi) is 12.3. The zero-order valence-corrected chi connectivity index (χ0v) is 17.8. The Morgan fingerprint density at radius 3 is 2.70 bits per heavy atom. The average Bonchev–Trinajstić information content (AvgIpc) is 2.93. The van der Waals surface area contributed by atoms with E-state index in [2.05, 4.69) is 50.2 Å². The van der Waals surface area contributed by atoms with Crippen molar-refractivity contribution in [2.75, 3.05) is 32.9 Å². The Morgan fingerprint density at radius 1 is 1.39 bits per heavy atom. The van der Waals surface area contributed by atoms with Crippen LogP contribution >= 0.6 is 24.0 Å². The Labute approximate surface area is 159 Å². The monoisotopic (exact) mass is 441 g/mol. The first-order valence-corrected chi connectivity index (χ1v) is 8.65. The van der Waals surface area contributed by atoms with Crippen molar-refractivity contribution >= 4 is 29.9 Å². The molecular formula is C17H36IN3O2. The van der Waals surface area contributed by atoms with E-state index < -0.39 is 0 Å². The number of hydrogen-bond donors (Lipinski definition) is 2. The molecule has 1 aliphatic heterocycles. The van der Waals surface area contributed by atoms with Gasteiger partial charge in [-0.15, -0.1) is 24.0 Å². The summed E-state index contributed by atoms with van der Waals surface area (Å²) in [6, 6.07) is 0.237. The Bertz CT molecular complexity index is 326. The fraction of sp³-hybridized carbons (Fsp3) is 0.941. The number of aliphatic imine (C=N–C) groups is 1. The fourth-order valence-electron chi connectivity index (χ4n) is 2.32. The van der Waals surface area contributed by atoms with Crippen molar-refractivity contribution < 1.29 is 9.47 Å². The summed E-state index contributed by atoms with van der Waals surface area (Å²) in [4.78, 5) is 4.65. The van der Waals surface area contributed by atoms with Crippen LogP contribution in [0.4, 0.5) is 0 Å². The lowest BCUT2D eigenvalue weighted by molar-refractivity contribution is 0.0347. The number of halogens is 1. The molecule has 0 aromatic heterocycles. The van der Waals surface area contributed by atoms with Crippen molar-refractivity contribution in [1.29, 1.82) is 0 Å². The van der Waals surface area contributed by atoms with Gasteiger partial charge in [0.2, 0.25) is 0 Å². The van der Waals surface area contributed by atoms with E-state index in [0.29, 0.717) is 12.0 Å². The normalized spacial score (nSPS) is 20.0. The highest BCUT2D eigenvalue weighted by Crippen LogP contribution is 2.20. The molecule has 0 aromatic carbocycles. The average molecular weight is 441 g/mol. The van der Waals surface area contributed by atoms with Crippen molar-refractivity contribution in [2.24, 2.45) is 10.4 Å². The maximum Gasteiger partial charge on any atom is 0.191 e. The SMILES string of the molecule is CCNC(=NCCCC(C)(C)C)NC(C)COC1CCOC1.I. The Morgan fingerprint density at radius 2 is 2.13 bits per heavy atom. The third-order valence-electron chi connectivity index (χ3n) is 3.55. The van der Waals surface area contributed by atoms with Crippen LogP contribution in [0.2, 0.25) is 0 Å². The smallest absolute Gasteiger partial charge is 0.191 e. The minimum absolute atomic E-state index is 0. The van der Waals surface area contributed by atoms with Gasteiger partial charge < -0.3 is 20.1 Å². The second kappa shape index (κ2) is 12.3. The van der Waals surface area contributed by atoms with Gasteiger partial charge in [-0.2, -0.15) is 0 Å². The van der Waals surface area contributed by atoms with Crippen LogP contribution in [0.5, 0.6) is 0 Å². The number of guanidine groups is 1. The highest BCUT2D eigenvalue weighted by molar-refractivity contribution is 14.0. The number of rotatable bonds is 8. The van der Waals surface area contributed by atoms with Crippen molar-refractivity contribution in [3.8, 4) is 0 Å². The van der Waals surface area contributed by atoms with Crippen molar-refractivity contribution in [2.45, 2.75) is 66.0 Å². The third kappa shape index (κ3) is 12.0. The topological polar surface area (TPSA) is 54.9 Å². The predicted octanol–water partition coefficient (Wildman–Crippen LogP) is 3.18. The molecule has 0 spiro atoms. The van der Waals surface area contributed by atoms with Gasteiger partial charge in [-0.05, 0) is 38.5 Å². The lowest BCUT2D eigenvalue weighted by Gasteiger charge is -2.20. The summed E-state index contributed by atoms with van der Waals surface area (Å²) in [7, 11) is 0. The molecule has 1 aliphatic rings. The zero-order chi connectivity index (χ0) is 16.4. The van der Waals surface area contributed by atoms with Crippen LogP contribution in [-0.2, 0) is 9.47 Å². The van der Waals surface area contributed by atoms with E-state index in [4.69, 9.17) is 9.47 Å². The summed E-state index contributed by atoms with van der Waals surface area (Å²) < 4.78 is 11.2. The van der Waals surface area contributed by atoms with E-state index in [1.807, 2.05) is 0 Å². The van der Waals surface area contributed by atoms with Gasteiger partial charge >= 0.3 is 0 Å². The summed E-state index contributed by atoms with van der Waals surface area (Å²) in [5, 5.41) is 6.71. The first kappa shape index (κ1) is 22.9. The van der Waals surface area contributed by atoms with Crippen LogP contribution in [0.1, 0.15) is 53.9 Å². The van der Waals surface area contributed by atoms with Crippen LogP contribution in [0.25, 0.3) is 0 Å². The van der Waals surface area contributed by atoms with Crippen molar-refractivity contribution in [1.82, 2.24) is 10.6 Å². The zero-order valence-electron chi connectivity index (χ0n) is 15.5. The number of hydrogen-bond acceptors (Lipinski definition) is 3. The predicted molar refractivity (Wildman–Crippen MR) is 108 cm³/mol. The fourth-order valence-corrected chi connectivity index (χ4v) is 2.32. The third-order valence-corrected chi connectivity index (χ3v) is 3.55. The van der Waals surface area contributed by atoms with Gasteiger partial charge in [0.15, 0.2) is 5.96 Å². The van der Waals surface area contributed by atoms with Gasteiger partial charge in [0.05, 0.1) is 19.3 Å². The maximum absolute atomic E-state index is 5.84. The standard InChI is InChI=1S/C17H35N3O2.HI/c1-6-18-16(19-10-7-9-17(3,4)5)20-14(2)12-22-15-8-11-21-13-15;/h14-15H,6-13H2,1-5H3,(H2,18,19,20);1H. The molecule has 1 rings (SSSR count). The number of nitrogens with zero attached hydrogens (tertiary/aromatic N) is 1. The molecule has 5 nitrogen and oxygen atoms in total. The molecule has 0 amide bonds. The summed E-state index contributed by atoms with van der Waals surface area (Å²) in [6.07, 6.45) is 3.57. The van der Waals surface area contributed by atoms with Gasteiger partial charge in [0.25, 0.3) is 0 Å². The van der Waals surface area contributed by atoms with Crippen LogP contribution in [0.3, 0.4) is 0 Å². The molecule has 0 saturated carbocycles. The van der Waals surface area contributed by atoms with Crippen LogP contribution < -0.4 is 10.6 Å². The largest absolute Gasteiger partial charge is 0.379 e. The lowest BCUT2D eigenvalue weighted by Crippen LogP contribution is -2.44. The summed E-state index contributed by atoms with van der Waals surface area (Å²) >= 11 is 0. The van der Waals surface area contributed by atoms with Crippen LogP contribution in [0, 0.1) is 5.41 Å². The van der Waals surface area contributed by atoms with Crippen LogP contribution in [0.15, 0.2) is 4.99 Å². The molecule has 1 fully saturated rings. The van der Waals surface area contributed by atoms with E-state index in [9.17, 15) is 0 Å². The Hall–Kier alpha value is -0.0800. The minimum atomic E-state index is 0. The molecule has 138 valence electrons. The number of nitrogens with one attached hydrogen (secondary N) is 2. The van der Waals surface area contributed by atoms with Gasteiger partial charge in [-0.25, -0.2) is 0 Å². The van der Waals surface area contributed by atoms with Crippen molar-refractivity contribution in [3.63, 3.8) is 0 Å². The second-order valence-corrected chi connectivity index (χ2v) is 7.29. The molecule has 1 saturated heterocycles. The summed E-state index contributed by atoms with van der Waals surface area (Å²) in [5.41, 5.74) is 0.381. The Balaban J connectivity index is 0.00000484. The van der Waals surface area contributed by atoms with E-state index in [1.54, 1.807) is 0 Å². The van der Waals surface area contributed by atoms with Gasteiger partial charge in [-0.3, -0.25) is 4.99 Å². The van der Waals surface area contributed by atoms with Gasteiger partial charge in [-0.1, -0.05) is 20.8 Å². The highest BCUT2D eigenvalue weighted by Gasteiger charge is 2.17. The molecule has 0 aromatic rings. The first-order chi connectivity index (χ1) is 10.4. The van der Waals surface area contributed by atoms with Gasteiger partial charge in [0.1, 0.15) is 0 Å². The van der Waals surface area contributed by atoms with E-state index in [1.165, 1.54) is 6.42 Å².